The first-order valence-corrected chi connectivity index (χ1v) is 25.6. The van der Waals surface area contributed by atoms with Gasteiger partial charge >= 0.3 is 24.2 Å². The van der Waals surface area contributed by atoms with E-state index in [1.807, 2.05) is 4.90 Å². The SMILES string of the molecule is C=C(COC(=O)Nc1cc2cc3c(nc2cc1F)-c1cc2c(c(=O)n1C3)COC(=O)[C@]2(O)CC)C(=O)N1CCN(c2nc(OC[C@@]34CCCN3C[C@H](F)C4)nc3c(F)c(-c4c(F)c(N)cc(C)c4C(F)(F)F)c(Cl)cc23)[C@@H](C)C1. The summed E-state index contributed by atoms with van der Waals surface area (Å²) < 4.78 is 125. The summed E-state index contributed by atoms with van der Waals surface area (Å²) in [7, 11) is 0. The molecule has 0 bridgehead atoms. The van der Waals surface area contributed by atoms with Crippen molar-refractivity contribution in [2.24, 2.45) is 0 Å². The van der Waals surface area contributed by atoms with Gasteiger partial charge in [0.05, 0.1) is 56.5 Å². The number of nitrogen functional groups attached to an aromatic ring is 1. The van der Waals surface area contributed by atoms with E-state index in [4.69, 9.17) is 31.5 Å². The van der Waals surface area contributed by atoms with Crippen molar-refractivity contribution in [1.82, 2.24) is 29.3 Å². The number of rotatable bonds is 10. The van der Waals surface area contributed by atoms with Crippen LogP contribution in [0.5, 0.6) is 6.01 Å². The Labute approximate surface area is 449 Å². The van der Waals surface area contributed by atoms with E-state index in [0.29, 0.717) is 35.3 Å². The average molecular weight is 1120 g/mol. The summed E-state index contributed by atoms with van der Waals surface area (Å²) in [6.07, 6.45) is -5.95. The first kappa shape index (κ1) is 53.4. The molecule has 17 nitrogen and oxygen atoms in total. The van der Waals surface area contributed by atoms with Crippen LogP contribution in [0.2, 0.25) is 5.02 Å². The number of nitrogens with zero attached hydrogens (tertiary/aromatic N) is 7. The number of amides is 2. The number of hydrogen-bond acceptors (Lipinski definition) is 14. The fourth-order valence-corrected chi connectivity index (χ4v) is 12.2. The Bertz CT molecular complexity index is 3710. The minimum atomic E-state index is -5.17. The van der Waals surface area contributed by atoms with Crippen LogP contribution in [0.3, 0.4) is 0 Å². The second-order valence-electron chi connectivity index (χ2n) is 20.7. The number of carbonyl (C=O) groups is 3. The molecule has 6 aromatic rings. The molecule has 2 amide bonds. The molecule has 25 heteroatoms. The van der Waals surface area contributed by atoms with Crippen LogP contribution in [-0.2, 0) is 44.0 Å². The number of nitrogens with one attached hydrogen (secondary N) is 1. The van der Waals surface area contributed by atoms with Crippen molar-refractivity contribution in [3.63, 3.8) is 0 Å². The molecule has 11 rings (SSSR count). The lowest BCUT2D eigenvalue weighted by Crippen LogP contribution is -2.54. The van der Waals surface area contributed by atoms with Gasteiger partial charge in [0.25, 0.3) is 11.5 Å². The zero-order valence-corrected chi connectivity index (χ0v) is 43.3. The van der Waals surface area contributed by atoms with Gasteiger partial charge in [-0.15, -0.1) is 0 Å². The van der Waals surface area contributed by atoms with Gasteiger partial charge in [-0.3, -0.25) is 19.8 Å². The summed E-state index contributed by atoms with van der Waals surface area (Å²) in [5.41, 5.74) is -1.59. The number of aryl methyl sites for hydroxylation is 1. The van der Waals surface area contributed by atoms with Gasteiger partial charge in [0.2, 0.25) is 0 Å². The number of pyridine rings is 2. The van der Waals surface area contributed by atoms with E-state index in [1.165, 1.54) is 21.6 Å². The van der Waals surface area contributed by atoms with Crippen molar-refractivity contribution < 1.29 is 64.4 Å². The van der Waals surface area contributed by atoms with Crippen LogP contribution in [-0.4, -0.2) is 116 Å². The first-order valence-electron chi connectivity index (χ1n) is 25.3. The molecular formula is C54H49ClF7N9O8. The summed E-state index contributed by atoms with van der Waals surface area (Å²) in [6.45, 7) is 7.99. The summed E-state index contributed by atoms with van der Waals surface area (Å²) in [4.78, 5) is 71.7. The van der Waals surface area contributed by atoms with Crippen LogP contribution in [0.1, 0.15) is 67.3 Å². The zero-order chi connectivity index (χ0) is 56.4. The van der Waals surface area contributed by atoms with Gasteiger partial charge in [-0.05, 0) is 75.5 Å². The molecule has 3 fully saturated rings. The lowest BCUT2D eigenvalue weighted by Gasteiger charge is -2.41. The maximum absolute atomic E-state index is 17.2. The molecule has 3 saturated heterocycles. The third-order valence-corrected chi connectivity index (χ3v) is 16.1. The van der Waals surface area contributed by atoms with Crippen LogP contribution in [0.25, 0.3) is 44.3 Å². The van der Waals surface area contributed by atoms with Gasteiger partial charge in [-0.25, -0.2) is 32.1 Å². The van der Waals surface area contributed by atoms with Crippen molar-refractivity contribution in [3.8, 4) is 28.5 Å². The number of nitrogens with two attached hydrogens (primary N) is 1. The maximum Gasteiger partial charge on any atom is 0.417 e. The third kappa shape index (κ3) is 8.91. The van der Waals surface area contributed by atoms with Gasteiger partial charge in [-0.2, -0.15) is 23.1 Å². The third-order valence-electron chi connectivity index (χ3n) is 15.8. The van der Waals surface area contributed by atoms with E-state index >= 15 is 13.2 Å². The Balaban J connectivity index is 0.803. The smallest absolute Gasteiger partial charge is 0.417 e. The van der Waals surface area contributed by atoms with Crippen LogP contribution in [0.4, 0.5) is 52.7 Å². The number of alkyl halides is 4. The van der Waals surface area contributed by atoms with Gasteiger partial charge in [0.15, 0.2) is 17.2 Å². The van der Waals surface area contributed by atoms with Crippen molar-refractivity contribution in [2.45, 2.75) is 89.1 Å². The zero-order valence-electron chi connectivity index (χ0n) is 42.6. The normalized spacial score (nSPS) is 21.7. The highest BCUT2D eigenvalue weighted by Crippen LogP contribution is 2.48. The van der Waals surface area contributed by atoms with Crippen LogP contribution in [0, 0.1) is 24.4 Å². The fourth-order valence-electron chi connectivity index (χ4n) is 11.9. The number of fused-ring (bicyclic) bond motifs is 7. The highest BCUT2D eigenvalue weighted by atomic mass is 35.5. The number of carbonyl (C=O) groups excluding carboxylic acids is 3. The van der Waals surface area contributed by atoms with Crippen LogP contribution in [0.15, 0.2) is 53.3 Å². The van der Waals surface area contributed by atoms with Crippen molar-refractivity contribution >= 4 is 68.6 Å². The number of benzene rings is 3. The molecule has 414 valence electrons. The summed E-state index contributed by atoms with van der Waals surface area (Å²) in [5.74, 6) is -5.34. The molecule has 4 atom stereocenters. The minimum Gasteiger partial charge on any atom is -0.461 e. The number of anilines is 3. The average Bonchev–Trinajstić information content (AvgIpc) is 4.31. The molecule has 0 saturated carbocycles. The number of cyclic esters (lactones) is 1. The molecule has 3 aromatic heterocycles. The monoisotopic (exact) mass is 1120 g/mol. The largest absolute Gasteiger partial charge is 0.461 e. The molecule has 3 aromatic carbocycles. The van der Waals surface area contributed by atoms with E-state index in [2.05, 4.69) is 26.8 Å². The van der Waals surface area contributed by atoms with Crippen LogP contribution >= 0.6 is 11.6 Å². The molecule has 0 radical (unpaired) electrons. The number of esters is 1. The summed E-state index contributed by atoms with van der Waals surface area (Å²) in [5, 5.41) is 13.2. The molecular weight excluding hydrogens is 1070 g/mol. The van der Waals surface area contributed by atoms with E-state index in [1.54, 1.807) is 24.8 Å². The first-order chi connectivity index (χ1) is 37.4. The number of aromatic nitrogens is 4. The number of ether oxygens (including phenoxy) is 3. The predicted molar refractivity (Wildman–Crippen MR) is 275 cm³/mol. The van der Waals surface area contributed by atoms with E-state index in [0.717, 1.165) is 31.5 Å². The van der Waals surface area contributed by atoms with Gasteiger partial charge < -0.3 is 39.4 Å². The van der Waals surface area contributed by atoms with E-state index < -0.39 is 122 Å². The predicted octanol–water partition coefficient (Wildman–Crippen LogP) is 8.47. The number of halogens is 8. The maximum atomic E-state index is 17.2. The Morgan fingerprint density at radius 1 is 1.03 bits per heavy atom. The lowest BCUT2D eigenvalue weighted by molar-refractivity contribution is -0.172. The van der Waals surface area contributed by atoms with E-state index in [9.17, 15) is 41.8 Å². The van der Waals surface area contributed by atoms with E-state index in [-0.39, 0.29) is 97.9 Å². The lowest BCUT2D eigenvalue weighted by atomic mass is 9.86. The molecule has 0 unspecified atom stereocenters. The highest BCUT2D eigenvalue weighted by molar-refractivity contribution is 6.34. The van der Waals surface area contributed by atoms with Crippen molar-refractivity contribution in [2.75, 3.05) is 61.9 Å². The molecule has 0 aliphatic carbocycles. The highest BCUT2D eigenvalue weighted by Gasteiger charge is 2.50. The number of hydrogen-bond donors (Lipinski definition) is 3. The molecule has 8 heterocycles. The number of aliphatic hydroxyl groups is 1. The topological polar surface area (TPSA) is 208 Å². The van der Waals surface area contributed by atoms with Gasteiger partial charge in [0, 0.05) is 83.3 Å². The Morgan fingerprint density at radius 3 is 2.53 bits per heavy atom. The Morgan fingerprint density at radius 2 is 1.80 bits per heavy atom. The summed E-state index contributed by atoms with van der Waals surface area (Å²) in [6, 6.07) is 6.47. The molecule has 5 aliphatic heterocycles. The Kier molecular flexibility index (Phi) is 13.1. The quantitative estimate of drug-likeness (QED) is 0.0509. The second kappa shape index (κ2) is 19.4. The van der Waals surface area contributed by atoms with Crippen molar-refractivity contribution in [3.05, 3.63) is 109 Å². The summed E-state index contributed by atoms with van der Waals surface area (Å²) >= 11 is 6.63. The Hall–Kier alpha value is -7.57. The second-order valence-corrected chi connectivity index (χ2v) is 21.1. The van der Waals surface area contributed by atoms with Crippen LogP contribution < -0.4 is 26.2 Å². The fraction of sp³-hybridized carbons (Fsp3) is 0.389. The molecule has 4 N–H and O–H groups in total. The minimum absolute atomic E-state index is 0.0129. The standard InChI is InChI=1S/C54H49ClF7N9O8/c1-5-53(76)32-15-38-44-28(19-71(38)48(73)31(32)22-77-49(53)74)12-27-13-37(34(57)16-36(27)64-44)65-51(75)78-21-25(3)47(72)68-9-10-70(26(4)18-68)46-30-14-33(55)39(40-41(54(60,61)62)24(2)11-35(63)42(40)58)43(59)45(30)66-50(67-46)79-23-52-7-6-8-69(52)20-29(56)17-52/h11-16,26,29,76H,3,5-10,17-23,63H2,1-2,4H3,(H,65,75)/t26-,29+,52-,53-/m0/s1. The molecule has 0 spiro atoms. The van der Waals surface area contributed by atoms with Gasteiger partial charge in [0.1, 0.15) is 43.1 Å². The molecule has 5 aliphatic rings. The number of piperazine rings is 1. The van der Waals surface area contributed by atoms with Crippen molar-refractivity contribution in [1.29, 1.82) is 0 Å². The molecule has 79 heavy (non-hydrogen) atoms. The van der Waals surface area contributed by atoms with Gasteiger partial charge in [-0.1, -0.05) is 25.1 Å².